The Bertz CT molecular complexity index is 1020. The number of hydrogen-bond acceptors (Lipinski definition) is 5. The average molecular weight is 579 g/mol. The molecule has 176 valence electrons. The van der Waals surface area contributed by atoms with Gasteiger partial charge in [0.15, 0.2) is 6.23 Å². The van der Waals surface area contributed by atoms with Crippen molar-refractivity contribution >= 4 is 43.8 Å². The molecule has 2 aromatic carbocycles. The van der Waals surface area contributed by atoms with Crippen molar-refractivity contribution in [2.75, 3.05) is 6.54 Å². The van der Waals surface area contributed by atoms with Gasteiger partial charge in [-0.3, -0.25) is 4.79 Å². The molecule has 0 saturated carbocycles. The topological polar surface area (TPSA) is 55.8 Å². The van der Waals surface area contributed by atoms with Gasteiger partial charge in [0.1, 0.15) is 11.6 Å². The molecule has 0 amide bonds. The lowest BCUT2D eigenvalue weighted by Gasteiger charge is -2.35. The summed E-state index contributed by atoms with van der Waals surface area (Å²) in [5.74, 6) is -0.456. The van der Waals surface area contributed by atoms with Gasteiger partial charge >= 0.3 is 11.9 Å². The van der Waals surface area contributed by atoms with Crippen molar-refractivity contribution in [2.24, 2.45) is 5.41 Å². The van der Waals surface area contributed by atoms with E-state index in [9.17, 15) is 9.59 Å². The third-order valence-electron chi connectivity index (χ3n) is 6.38. The summed E-state index contributed by atoms with van der Waals surface area (Å²) >= 11 is 6.90. The molecular weight excluding hydrogens is 550 g/mol. The summed E-state index contributed by atoms with van der Waals surface area (Å²) in [5.41, 5.74) is 1.07. The third-order valence-corrected chi connectivity index (χ3v) is 7.43. The maximum atomic E-state index is 13.3. The van der Waals surface area contributed by atoms with E-state index in [1.165, 1.54) is 0 Å². The Morgan fingerprint density at radius 1 is 1.06 bits per heavy atom. The van der Waals surface area contributed by atoms with Crippen molar-refractivity contribution in [1.29, 1.82) is 0 Å². The molecule has 0 unspecified atom stereocenters. The molecule has 0 bridgehead atoms. The minimum Gasteiger partial charge on any atom is -0.461 e. The first-order chi connectivity index (χ1) is 15.6. The summed E-state index contributed by atoms with van der Waals surface area (Å²) in [6.07, 6.45) is 1.21. The predicted molar refractivity (Wildman–Crippen MR) is 134 cm³/mol. The van der Waals surface area contributed by atoms with Crippen LogP contribution >= 0.6 is 31.9 Å². The van der Waals surface area contributed by atoms with E-state index in [0.29, 0.717) is 32.2 Å². The minimum absolute atomic E-state index is 0.223. The van der Waals surface area contributed by atoms with E-state index in [-0.39, 0.29) is 29.7 Å². The second kappa shape index (κ2) is 9.51. The smallest absolute Gasteiger partial charge is 0.328 e. The zero-order valence-electron chi connectivity index (χ0n) is 19.1. The summed E-state index contributed by atoms with van der Waals surface area (Å²) in [7, 11) is 0. The van der Waals surface area contributed by atoms with E-state index in [0.717, 1.165) is 20.1 Å². The van der Waals surface area contributed by atoms with Crippen LogP contribution in [0, 0.1) is 5.41 Å². The molecule has 33 heavy (non-hydrogen) atoms. The number of halogens is 2. The van der Waals surface area contributed by atoms with Crippen LogP contribution in [0.15, 0.2) is 57.5 Å². The van der Waals surface area contributed by atoms with Crippen LogP contribution in [0.1, 0.15) is 44.7 Å². The monoisotopic (exact) mass is 577 g/mol. The molecule has 3 atom stereocenters. The number of cyclic esters (lactones) is 1. The minimum atomic E-state index is -0.817. The van der Waals surface area contributed by atoms with Crippen LogP contribution in [-0.4, -0.2) is 41.3 Å². The number of ether oxygens (including phenoxy) is 2. The summed E-state index contributed by atoms with van der Waals surface area (Å²) in [6, 6.07) is 15.9. The van der Waals surface area contributed by atoms with Crippen molar-refractivity contribution in [1.82, 2.24) is 4.90 Å². The van der Waals surface area contributed by atoms with Gasteiger partial charge in [-0.1, -0.05) is 76.9 Å². The first kappa shape index (κ1) is 24.4. The van der Waals surface area contributed by atoms with Gasteiger partial charge in [-0.25, -0.2) is 9.69 Å². The molecule has 2 fully saturated rings. The number of nitrogens with zero attached hydrogens (tertiary/aromatic N) is 1. The Labute approximate surface area is 212 Å². The molecule has 7 heteroatoms. The van der Waals surface area contributed by atoms with Crippen molar-refractivity contribution in [3.63, 3.8) is 0 Å². The number of fused-ring (bicyclic) bond motifs is 1. The number of carbonyl (C=O) groups excluding carboxylic acids is 2. The predicted octanol–water partition coefficient (Wildman–Crippen LogP) is 5.67. The number of carbonyl (C=O) groups is 2. The van der Waals surface area contributed by atoms with Gasteiger partial charge < -0.3 is 9.47 Å². The van der Waals surface area contributed by atoms with Gasteiger partial charge in [-0.2, -0.15) is 0 Å². The summed E-state index contributed by atoms with van der Waals surface area (Å²) < 4.78 is 13.8. The van der Waals surface area contributed by atoms with E-state index < -0.39 is 5.54 Å². The molecular formula is C26H29Br2NO4. The Morgan fingerprint density at radius 3 is 2.21 bits per heavy atom. The number of benzene rings is 2. The highest BCUT2D eigenvalue weighted by Crippen LogP contribution is 2.46. The Balaban J connectivity index is 1.48. The molecule has 2 saturated heterocycles. The standard InChI is InChI=1S/C26H29Br2NO4/c1-25(2,3)23-29-16-21(32-22(30)13-8-17-4-9-19(27)10-5-17)15-26(29,24(31)33-23)14-18-6-11-20(28)12-7-18/h4-7,9-12,21,23H,8,13-16H2,1-3H3/t21-,23-,26+/m1/s1. The van der Waals surface area contributed by atoms with Crippen molar-refractivity contribution < 1.29 is 19.1 Å². The highest BCUT2D eigenvalue weighted by atomic mass is 79.9. The number of hydrogen-bond donors (Lipinski definition) is 0. The van der Waals surface area contributed by atoms with Crippen LogP contribution in [0.25, 0.3) is 0 Å². The zero-order chi connectivity index (χ0) is 23.8. The molecule has 0 spiro atoms. The first-order valence-electron chi connectivity index (χ1n) is 11.2. The van der Waals surface area contributed by atoms with Crippen molar-refractivity contribution in [2.45, 2.75) is 64.3 Å². The van der Waals surface area contributed by atoms with Crippen LogP contribution in [0.5, 0.6) is 0 Å². The third kappa shape index (κ3) is 5.36. The molecule has 0 aromatic heterocycles. The molecule has 0 radical (unpaired) electrons. The van der Waals surface area contributed by atoms with Crippen LogP contribution in [0.3, 0.4) is 0 Å². The second-order valence-corrected chi connectivity index (χ2v) is 11.9. The number of aryl methyl sites for hydroxylation is 1. The van der Waals surface area contributed by atoms with Crippen LogP contribution in [0.4, 0.5) is 0 Å². The quantitative estimate of drug-likeness (QED) is 0.413. The molecule has 4 rings (SSSR count). The van der Waals surface area contributed by atoms with Gasteiger partial charge in [0.25, 0.3) is 0 Å². The normalized spacial score (nSPS) is 25.1. The Kier molecular flexibility index (Phi) is 7.04. The van der Waals surface area contributed by atoms with E-state index in [4.69, 9.17) is 9.47 Å². The van der Waals surface area contributed by atoms with Crippen molar-refractivity contribution in [3.8, 4) is 0 Å². The van der Waals surface area contributed by atoms with Crippen LogP contribution in [-0.2, 0) is 31.9 Å². The molecule has 5 nitrogen and oxygen atoms in total. The molecule has 2 aliphatic rings. The number of rotatable bonds is 6. The molecule has 2 heterocycles. The fraction of sp³-hybridized carbons (Fsp3) is 0.462. The highest BCUT2D eigenvalue weighted by Gasteiger charge is 2.63. The largest absolute Gasteiger partial charge is 0.461 e. The first-order valence-corrected chi connectivity index (χ1v) is 12.8. The highest BCUT2D eigenvalue weighted by molar-refractivity contribution is 9.10. The van der Waals surface area contributed by atoms with E-state index >= 15 is 0 Å². The van der Waals surface area contributed by atoms with E-state index in [1.54, 1.807) is 0 Å². The van der Waals surface area contributed by atoms with Crippen LogP contribution in [0.2, 0.25) is 0 Å². The summed E-state index contributed by atoms with van der Waals surface area (Å²) in [6.45, 7) is 6.70. The number of esters is 2. The lowest BCUT2D eigenvalue weighted by molar-refractivity contribution is -0.155. The van der Waals surface area contributed by atoms with Crippen LogP contribution < -0.4 is 0 Å². The van der Waals surface area contributed by atoms with Gasteiger partial charge in [0.05, 0.1) is 0 Å². The van der Waals surface area contributed by atoms with Gasteiger partial charge in [-0.05, 0) is 41.8 Å². The Hall–Kier alpha value is -1.70. The zero-order valence-corrected chi connectivity index (χ0v) is 22.3. The fourth-order valence-electron chi connectivity index (χ4n) is 4.80. The maximum Gasteiger partial charge on any atom is 0.328 e. The fourth-order valence-corrected chi connectivity index (χ4v) is 5.33. The van der Waals surface area contributed by atoms with E-state index in [2.05, 4.69) is 57.5 Å². The van der Waals surface area contributed by atoms with Crippen molar-refractivity contribution in [3.05, 3.63) is 68.6 Å². The summed E-state index contributed by atoms with van der Waals surface area (Å²) in [5, 5.41) is 0. The average Bonchev–Trinajstić information content (AvgIpc) is 3.22. The summed E-state index contributed by atoms with van der Waals surface area (Å²) in [4.78, 5) is 28.0. The Morgan fingerprint density at radius 2 is 1.64 bits per heavy atom. The molecule has 2 aromatic rings. The van der Waals surface area contributed by atoms with Gasteiger partial charge in [0.2, 0.25) is 0 Å². The SMILES string of the molecule is CC(C)(C)[C@H]1OC(=O)[C@]2(Cc3ccc(Br)cc3)C[C@@H](OC(=O)CCc3ccc(Br)cc3)CN12. The van der Waals surface area contributed by atoms with E-state index in [1.807, 2.05) is 48.5 Å². The lowest BCUT2D eigenvalue weighted by Crippen LogP contribution is -2.50. The molecule has 0 N–H and O–H groups in total. The van der Waals surface area contributed by atoms with Gasteiger partial charge in [-0.15, -0.1) is 0 Å². The second-order valence-electron chi connectivity index (χ2n) is 10.1. The van der Waals surface area contributed by atoms with Gasteiger partial charge in [0, 0.05) is 40.2 Å². The maximum absolute atomic E-state index is 13.3. The molecule has 2 aliphatic heterocycles. The molecule has 0 aliphatic carbocycles. The lowest BCUT2D eigenvalue weighted by atomic mass is 9.87.